The number of imide groups is 1. The fourth-order valence-electron chi connectivity index (χ4n) is 2.21. The third kappa shape index (κ3) is 3.00. The fraction of sp³-hybridized carbons (Fsp3) is 0.833. The smallest absolute Gasteiger partial charge is 0.327 e. The van der Waals surface area contributed by atoms with Gasteiger partial charge in [-0.3, -0.25) is 9.69 Å². The van der Waals surface area contributed by atoms with Gasteiger partial charge in [0.15, 0.2) is 0 Å². The maximum atomic E-state index is 12.2. The van der Waals surface area contributed by atoms with E-state index in [-0.39, 0.29) is 24.9 Å². The van der Waals surface area contributed by atoms with E-state index in [0.717, 1.165) is 4.90 Å². The van der Waals surface area contributed by atoms with Crippen molar-refractivity contribution in [1.82, 2.24) is 9.80 Å². The molecule has 6 heteroatoms. The SMILES string of the molecule is CC(O)CN1C(=O)C(C(C)C)N(CC(C)O)C1=O. The number of urea groups is 1. The van der Waals surface area contributed by atoms with Gasteiger partial charge in [-0.05, 0) is 19.8 Å². The molecular weight excluding hydrogens is 236 g/mol. The lowest BCUT2D eigenvalue weighted by Crippen LogP contribution is -2.42. The highest BCUT2D eigenvalue weighted by molar-refractivity contribution is 6.04. The number of amides is 3. The predicted molar refractivity (Wildman–Crippen MR) is 65.8 cm³/mol. The van der Waals surface area contributed by atoms with E-state index in [1.165, 1.54) is 11.8 Å². The summed E-state index contributed by atoms with van der Waals surface area (Å²) in [4.78, 5) is 26.7. The predicted octanol–water partition coefficient (Wildman–Crippen LogP) is 0.0368. The van der Waals surface area contributed by atoms with Gasteiger partial charge in [-0.25, -0.2) is 4.79 Å². The minimum absolute atomic E-state index is 0.00278. The Bertz CT molecular complexity index is 328. The van der Waals surface area contributed by atoms with Gasteiger partial charge >= 0.3 is 6.03 Å². The first-order chi connectivity index (χ1) is 8.25. The van der Waals surface area contributed by atoms with Gasteiger partial charge in [0.1, 0.15) is 6.04 Å². The molecule has 0 radical (unpaired) electrons. The number of hydrogen-bond acceptors (Lipinski definition) is 4. The average Bonchev–Trinajstić information content (AvgIpc) is 2.41. The van der Waals surface area contributed by atoms with Crippen molar-refractivity contribution >= 4 is 11.9 Å². The summed E-state index contributed by atoms with van der Waals surface area (Å²) in [6.07, 6.45) is -1.44. The molecule has 1 rings (SSSR count). The van der Waals surface area contributed by atoms with Gasteiger partial charge in [-0.1, -0.05) is 13.8 Å². The highest BCUT2D eigenvalue weighted by atomic mass is 16.3. The summed E-state index contributed by atoms with van der Waals surface area (Å²) in [7, 11) is 0. The van der Waals surface area contributed by atoms with Gasteiger partial charge in [0.2, 0.25) is 0 Å². The van der Waals surface area contributed by atoms with Crippen LogP contribution >= 0.6 is 0 Å². The number of carbonyl (C=O) groups excluding carboxylic acids is 2. The fourth-order valence-corrected chi connectivity index (χ4v) is 2.21. The first-order valence-corrected chi connectivity index (χ1v) is 6.23. The van der Waals surface area contributed by atoms with Crippen LogP contribution < -0.4 is 0 Å². The van der Waals surface area contributed by atoms with Crippen LogP contribution in [0.15, 0.2) is 0 Å². The van der Waals surface area contributed by atoms with E-state index in [0.29, 0.717) is 0 Å². The highest BCUT2D eigenvalue weighted by Crippen LogP contribution is 2.24. The zero-order valence-electron chi connectivity index (χ0n) is 11.3. The molecule has 0 aromatic heterocycles. The Kier molecular flexibility index (Phi) is 4.70. The van der Waals surface area contributed by atoms with Crippen LogP contribution in [0.3, 0.4) is 0 Å². The molecule has 18 heavy (non-hydrogen) atoms. The van der Waals surface area contributed by atoms with Crippen LogP contribution in [-0.2, 0) is 4.79 Å². The number of β-amino-alcohol motifs (C(OH)–C–C–N with tert-alkyl or cyclic N) is 2. The van der Waals surface area contributed by atoms with Crippen LogP contribution in [0.4, 0.5) is 4.79 Å². The van der Waals surface area contributed by atoms with E-state index in [4.69, 9.17) is 0 Å². The van der Waals surface area contributed by atoms with Gasteiger partial charge < -0.3 is 15.1 Å². The molecule has 0 aromatic rings. The molecule has 1 heterocycles. The standard InChI is InChI=1S/C12H22N2O4/c1-7(2)10-11(17)14(6-9(4)16)12(18)13(10)5-8(3)15/h7-10,15-16H,5-6H2,1-4H3. The van der Waals surface area contributed by atoms with Crippen molar-refractivity contribution in [2.24, 2.45) is 5.92 Å². The molecule has 0 saturated carbocycles. The van der Waals surface area contributed by atoms with Crippen molar-refractivity contribution in [3.05, 3.63) is 0 Å². The molecule has 3 amide bonds. The number of carbonyl (C=O) groups is 2. The maximum Gasteiger partial charge on any atom is 0.327 e. The minimum atomic E-state index is -0.753. The lowest BCUT2D eigenvalue weighted by Gasteiger charge is -2.25. The summed E-state index contributed by atoms with van der Waals surface area (Å²) in [6, 6.07) is -0.980. The number of hydrogen-bond donors (Lipinski definition) is 2. The zero-order valence-corrected chi connectivity index (χ0v) is 11.3. The van der Waals surface area contributed by atoms with Crippen LogP contribution in [0.25, 0.3) is 0 Å². The molecule has 104 valence electrons. The second kappa shape index (κ2) is 5.67. The third-order valence-corrected chi connectivity index (χ3v) is 2.87. The van der Waals surface area contributed by atoms with E-state index in [9.17, 15) is 19.8 Å². The van der Waals surface area contributed by atoms with Crippen LogP contribution in [0.1, 0.15) is 27.7 Å². The molecule has 0 spiro atoms. The molecule has 2 N–H and O–H groups in total. The van der Waals surface area contributed by atoms with Crippen molar-refractivity contribution in [1.29, 1.82) is 0 Å². The molecule has 3 atom stereocenters. The van der Waals surface area contributed by atoms with Gasteiger partial charge in [-0.15, -0.1) is 0 Å². The monoisotopic (exact) mass is 258 g/mol. The van der Waals surface area contributed by atoms with E-state index in [1.54, 1.807) is 6.92 Å². The average molecular weight is 258 g/mol. The van der Waals surface area contributed by atoms with Crippen molar-refractivity contribution < 1.29 is 19.8 Å². The molecule has 0 aromatic carbocycles. The van der Waals surface area contributed by atoms with E-state index in [2.05, 4.69) is 0 Å². The lowest BCUT2D eigenvalue weighted by molar-refractivity contribution is -0.130. The largest absolute Gasteiger partial charge is 0.392 e. The Morgan fingerprint density at radius 1 is 1.06 bits per heavy atom. The van der Waals surface area contributed by atoms with Gasteiger partial charge in [-0.2, -0.15) is 0 Å². The molecule has 1 fully saturated rings. The van der Waals surface area contributed by atoms with Crippen molar-refractivity contribution in [3.63, 3.8) is 0 Å². The summed E-state index contributed by atoms with van der Waals surface area (Å²) in [5.41, 5.74) is 0. The zero-order chi connectivity index (χ0) is 14.0. The Labute approximate surface area is 107 Å². The van der Waals surface area contributed by atoms with Crippen molar-refractivity contribution in [2.75, 3.05) is 13.1 Å². The number of aliphatic hydroxyl groups is 2. The van der Waals surface area contributed by atoms with Crippen LogP contribution in [0.2, 0.25) is 0 Å². The summed E-state index contributed by atoms with van der Waals surface area (Å²) in [6.45, 7) is 6.95. The Balaban J connectivity index is 2.94. The van der Waals surface area contributed by atoms with Crippen LogP contribution in [0.5, 0.6) is 0 Å². The normalized spacial score (nSPS) is 24.1. The summed E-state index contributed by atoms with van der Waals surface area (Å²) < 4.78 is 0. The number of aliphatic hydroxyl groups excluding tert-OH is 2. The molecule has 0 aliphatic carbocycles. The molecule has 6 nitrogen and oxygen atoms in total. The molecule has 1 aliphatic heterocycles. The van der Waals surface area contributed by atoms with Gasteiger partial charge in [0.25, 0.3) is 5.91 Å². The molecule has 1 saturated heterocycles. The summed E-state index contributed by atoms with van der Waals surface area (Å²) in [5, 5.41) is 18.7. The lowest BCUT2D eigenvalue weighted by atomic mass is 10.0. The van der Waals surface area contributed by atoms with Gasteiger partial charge in [0, 0.05) is 6.54 Å². The quantitative estimate of drug-likeness (QED) is 0.682. The first-order valence-electron chi connectivity index (χ1n) is 6.23. The number of rotatable bonds is 5. The van der Waals surface area contributed by atoms with Crippen molar-refractivity contribution in [2.45, 2.75) is 45.9 Å². The molecule has 0 bridgehead atoms. The van der Waals surface area contributed by atoms with Crippen molar-refractivity contribution in [3.8, 4) is 0 Å². The molecular formula is C12H22N2O4. The van der Waals surface area contributed by atoms with Crippen LogP contribution in [0, 0.1) is 5.92 Å². The van der Waals surface area contributed by atoms with E-state index < -0.39 is 24.3 Å². The number of nitrogens with zero attached hydrogens (tertiary/aromatic N) is 2. The Morgan fingerprint density at radius 3 is 1.94 bits per heavy atom. The Hall–Kier alpha value is -1.14. The van der Waals surface area contributed by atoms with E-state index >= 15 is 0 Å². The Morgan fingerprint density at radius 2 is 1.56 bits per heavy atom. The third-order valence-electron chi connectivity index (χ3n) is 2.87. The molecule has 3 unspecified atom stereocenters. The van der Waals surface area contributed by atoms with Gasteiger partial charge in [0.05, 0.1) is 18.8 Å². The highest BCUT2D eigenvalue weighted by Gasteiger charge is 2.46. The minimum Gasteiger partial charge on any atom is -0.392 e. The topological polar surface area (TPSA) is 81.1 Å². The maximum absolute atomic E-state index is 12.2. The first kappa shape index (κ1) is 14.9. The summed E-state index contributed by atoms with van der Waals surface area (Å²) in [5.74, 6) is -0.323. The second-order valence-electron chi connectivity index (χ2n) is 5.27. The second-order valence-corrected chi connectivity index (χ2v) is 5.27. The summed E-state index contributed by atoms with van der Waals surface area (Å²) >= 11 is 0. The van der Waals surface area contributed by atoms with E-state index in [1.807, 2.05) is 13.8 Å². The molecule has 1 aliphatic rings. The van der Waals surface area contributed by atoms with Crippen LogP contribution in [-0.4, -0.2) is 63.3 Å².